The van der Waals surface area contributed by atoms with Crippen LogP contribution in [0.1, 0.15) is 50.8 Å². The van der Waals surface area contributed by atoms with Gasteiger partial charge in [0.25, 0.3) is 5.91 Å². The fraction of sp³-hybridized carbons (Fsp3) is 0.481. The molecule has 0 unspecified atom stereocenters. The largest absolute Gasteiger partial charge is 0.384 e. The lowest BCUT2D eigenvalue weighted by Gasteiger charge is -2.41. The van der Waals surface area contributed by atoms with Gasteiger partial charge in [0, 0.05) is 48.8 Å². The van der Waals surface area contributed by atoms with Gasteiger partial charge in [-0.05, 0) is 51.2 Å². The predicted octanol–water partition coefficient (Wildman–Crippen LogP) is 2.97. The molecule has 2 aliphatic carbocycles. The topological polar surface area (TPSA) is 86.1 Å². The second kappa shape index (κ2) is 7.47. The van der Waals surface area contributed by atoms with Crippen molar-refractivity contribution in [1.82, 2.24) is 14.8 Å². The Morgan fingerprint density at radius 1 is 1.06 bits per heavy atom. The van der Waals surface area contributed by atoms with Gasteiger partial charge in [-0.15, -0.1) is 0 Å². The number of amidine groups is 1. The lowest BCUT2D eigenvalue weighted by Crippen LogP contribution is -2.55. The zero-order chi connectivity index (χ0) is 23.7. The number of aromatic nitrogens is 1. The van der Waals surface area contributed by atoms with Gasteiger partial charge in [0.05, 0.1) is 5.69 Å². The van der Waals surface area contributed by atoms with Crippen molar-refractivity contribution < 1.29 is 14.7 Å². The summed E-state index contributed by atoms with van der Waals surface area (Å²) in [7, 11) is 0. The number of amides is 2. The zero-order valence-electron chi connectivity index (χ0n) is 19.7. The molecule has 4 aliphatic rings. The maximum Gasteiger partial charge on any atom is 0.256 e. The summed E-state index contributed by atoms with van der Waals surface area (Å²) in [6, 6.07) is 11.9. The molecule has 0 atom stereocenters. The first-order valence-corrected chi connectivity index (χ1v) is 12.2. The third-order valence-corrected chi connectivity index (χ3v) is 7.45. The molecule has 0 radical (unpaired) electrons. The third kappa shape index (κ3) is 3.72. The zero-order valence-corrected chi connectivity index (χ0v) is 19.7. The molecule has 7 nitrogen and oxygen atoms in total. The van der Waals surface area contributed by atoms with E-state index in [4.69, 9.17) is 4.99 Å². The highest BCUT2D eigenvalue weighted by molar-refractivity contribution is 6.16. The molecule has 6 rings (SSSR count). The van der Waals surface area contributed by atoms with Crippen molar-refractivity contribution in [3.05, 3.63) is 53.9 Å². The fourth-order valence-electron chi connectivity index (χ4n) is 4.94. The minimum Gasteiger partial charge on any atom is -0.384 e. The smallest absolute Gasteiger partial charge is 0.256 e. The Kier molecular flexibility index (Phi) is 4.72. The van der Waals surface area contributed by atoms with Crippen molar-refractivity contribution in [2.75, 3.05) is 19.6 Å². The SMILES string of the molecule is CC(C)(O)c1ccc(-c2ccc(C3=NC4(CC4)C(=O)N3CC3CN(C(=O)C4CC4)C3)cc2)cn1. The van der Waals surface area contributed by atoms with Gasteiger partial charge in [-0.3, -0.25) is 24.5 Å². The van der Waals surface area contributed by atoms with Crippen LogP contribution in [-0.2, 0) is 15.2 Å². The van der Waals surface area contributed by atoms with Gasteiger partial charge in [-0.1, -0.05) is 30.3 Å². The van der Waals surface area contributed by atoms with Crippen LogP contribution in [0.3, 0.4) is 0 Å². The summed E-state index contributed by atoms with van der Waals surface area (Å²) in [5.74, 6) is 1.73. The number of aliphatic hydroxyl groups is 1. The molecule has 1 spiro atoms. The third-order valence-electron chi connectivity index (χ3n) is 7.45. The van der Waals surface area contributed by atoms with Gasteiger partial charge >= 0.3 is 0 Å². The van der Waals surface area contributed by atoms with Crippen molar-refractivity contribution in [1.29, 1.82) is 0 Å². The van der Waals surface area contributed by atoms with Crippen LogP contribution >= 0.6 is 0 Å². The van der Waals surface area contributed by atoms with Crippen LogP contribution in [0.15, 0.2) is 47.6 Å². The first-order chi connectivity index (χ1) is 16.2. The summed E-state index contributed by atoms with van der Waals surface area (Å²) >= 11 is 0. The van der Waals surface area contributed by atoms with E-state index in [0.29, 0.717) is 18.2 Å². The first kappa shape index (κ1) is 21.5. The van der Waals surface area contributed by atoms with E-state index in [2.05, 4.69) is 4.98 Å². The van der Waals surface area contributed by atoms with E-state index in [1.54, 1.807) is 20.0 Å². The predicted molar refractivity (Wildman–Crippen MR) is 128 cm³/mol. The van der Waals surface area contributed by atoms with Crippen LogP contribution in [0.25, 0.3) is 11.1 Å². The van der Waals surface area contributed by atoms with E-state index in [1.807, 2.05) is 46.2 Å². The van der Waals surface area contributed by atoms with Crippen LogP contribution < -0.4 is 0 Å². The second-order valence-corrected chi connectivity index (χ2v) is 10.8. The highest BCUT2D eigenvalue weighted by atomic mass is 16.3. The molecular formula is C27H30N4O3. The standard InChI is InChI=1S/C27H30N4O3/c1-26(2,34)22-10-9-21(13-28-22)18-3-5-19(6-4-18)23-29-27(11-12-27)25(33)31(23)16-17-14-30(15-17)24(32)20-7-8-20/h3-6,9-10,13,17,20,34H,7-8,11-12,14-16H2,1-2H3. The Labute approximate surface area is 199 Å². The van der Waals surface area contributed by atoms with Gasteiger partial charge in [0.2, 0.25) is 5.91 Å². The Hall–Kier alpha value is -3.06. The highest BCUT2D eigenvalue weighted by Crippen LogP contribution is 2.46. The van der Waals surface area contributed by atoms with Gasteiger partial charge in [0.15, 0.2) is 0 Å². The maximum atomic E-state index is 13.2. The number of carbonyl (C=O) groups is 2. The minimum absolute atomic E-state index is 0.116. The quantitative estimate of drug-likeness (QED) is 0.721. The van der Waals surface area contributed by atoms with Crippen LogP contribution in [0.4, 0.5) is 0 Å². The van der Waals surface area contributed by atoms with E-state index < -0.39 is 11.1 Å². The number of pyridine rings is 1. The number of benzene rings is 1. The maximum absolute atomic E-state index is 13.2. The number of nitrogens with zero attached hydrogens (tertiary/aromatic N) is 4. The van der Waals surface area contributed by atoms with Crippen molar-refractivity contribution in [3.8, 4) is 11.1 Å². The van der Waals surface area contributed by atoms with Gasteiger partial charge in [-0.25, -0.2) is 0 Å². The van der Waals surface area contributed by atoms with Crippen molar-refractivity contribution >= 4 is 17.6 Å². The number of carbonyl (C=O) groups excluding carboxylic acids is 2. The van der Waals surface area contributed by atoms with Gasteiger partial charge in [0.1, 0.15) is 17.0 Å². The van der Waals surface area contributed by atoms with E-state index in [0.717, 1.165) is 61.3 Å². The molecule has 1 aromatic heterocycles. The number of hydrogen-bond donors (Lipinski definition) is 1. The molecule has 7 heteroatoms. The molecule has 2 saturated carbocycles. The molecule has 3 fully saturated rings. The van der Waals surface area contributed by atoms with E-state index in [-0.39, 0.29) is 17.7 Å². The molecule has 2 aliphatic heterocycles. The van der Waals surface area contributed by atoms with E-state index in [1.165, 1.54) is 0 Å². The lowest BCUT2D eigenvalue weighted by molar-refractivity contribution is -0.139. The normalized spacial score (nSPS) is 21.6. The van der Waals surface area contributed by atoms with Crippen molar-refractivity contribution in [2.45, 2.75) is 50.7 Å². The molecule has 2 amide bonds. The second-order valence-electron chi connectivity index (χ2n) is 10.8. The Balaban J connectivity index is 1.18. The molecule has 34 heavy (non-hydrogen) atoms. The monoisotopic (exact) mass is 458 g/mol. The molecule has 0 bridgehead atoms. The summed E-state index contributed by atoms with van der Waals surface area (Å²) in [4.78, 5) is 38.5. The Bertz CT molecular complexity index is 1170. The van der Waals surface area contributed by atoms with Crippen LogP contribution in [0.2, 0.25) is 0 Å². The van der Waals surface area contributed by atoms with Crippen LogP contribution in [0.5, 0.6) is 0 Å². The molecule has 1 saturated heterocycles. The fourth-order valence-corrected chi connectivity index (χ4v) is 4.94. The van der Waals surface area contributed by atoms with E-state index in [9.17, 15) is 14.7 Å². The van der Waals surface area contributed by atoms with Crippen LogP contribution in [-0.4, -0.2) is 62.7 Å². The Morgan fingerprint density at radius 2 is 1.71 bits per heavy atom. The average Bonchev–Trinajstić information content (AvgIpc) is 3.71. The molecule has 1 aromatic carbocycles. The van der Waals surface area contributed by atoms with Crippen molar-refractivity contribution in [2.24, 2.45) is 16.8 Å². The molecule has 2 aromatic rings. The Morgan fingerprint density at radius 3 is 2.26 bits per heavy atom. The van der Waals surface area contributed by atoms with Crippen molar-refractivity contribution in [3.63, 3.8) is 0 Å². The average molecular weight is 459 g/mol. The summed E-state index contributed by atoms with van der Waals surface area (Å²) in [5.41, 5.74) is 2.04. The molecule has 176 valence electrons. The van der Waals surface area contributed by atoms with Gasteiger partial charge < -0.3 is 10.0 Å². The van der Waals surface area contributed by atoms with E-state index >= 15 is 0 Å². The summed E-state index contributed by atoms with van der Waals surface area (Å²) in [6.45, 7) is 5.55. The number of rotatable bonds is 6. The summed E-state index contributed by atoms with van der Waals surface area (Å²) in [6.07, 6.45) is 5.47. The molecule has 3 heterocycles. The summed E-state index contributed by atoms with van der Waals surface area (Å²) < 4.78 is 0. The highest BCUT2D eigenvalue weighted by Gasteiger charge is 2.57. The minimum atomic E-state index is -0.972. The first-order valence-electron chi connectivity index (χ1n) is 12.2. The molecular weight excluding hydrogens is 428 g/mol. The lowest BCUT2D eigenvalue weighted by atomic mass is 9.97. The van der Waals surface area contributed by atoms with Gasteiger partial charge in [-0.2, -0.15) is 0 Å². The summed E-state index contributed by atoms with van der Waals surface area (Å²) in [5, 5.41) is 10.1. The number of likely N-dealkylation sites (tertiary alicyclic amines) is 1. The van der Waals surface area contributed by atoms with Crippen LogP contribution in [0, 0.1) is 11.8 Å². The molecule has 1 N–H and O–H groups in total. The number of aliphatic imine (C=N–C) groups is 1. The number of hydrogen-bond acceptors (Lipinski definition) is 5.